The van der Waals surface area contributed by atoms with Gasteiger partial charge in [-0.15, -0.1) is 0 Å². The van der Waals surface area contributed by atoms with Crippen LogP contribution in [0.3, 0.4) is 0 Å². The number of hydrogen-bond acceptors (Lipinski definition) is 2. The molecule has 0 fully saturated rings. The average Bonchev–Trinajstić information content (AvgIpc) is 2.83. The molecule has 0 saturated carbocycles. The van der Waals surface area contributed by atoms with Crippen LogP contribution >= 0.6 is 0 Å². The maximum Gasteiger partial charge on any atom is 0.123 e. The van der Waals surface area contributed by atoms with Gasteiger partial charge in [0.1, 0.15) is 11.6 Å². The Morgan fingerprint density at radius 2 is 2.12 bits per heavy atom. The van der Waals surface area contributed by atoms with Gasteiger partial charge in [0.2, 0.25) is 0 Å². The summed E-state index contributed by atoms with van der Waals surface area (Å²) in [5, 5.41) is 3.36. The fourth-order valence-corrected chi connectivity index (χ4v) is 1.71. The quantitative estimate of drug-likeness (QED) is 0.831. The van der Waals surface area contributed by atoms with Crippen molar-refractivity contribution in [2.75, 3.05) is 0 Å². The van der Waals surface area contributed by atoms with Gasteiger partial charge in [-0.05, 0) is 31.0 Å². The molecule has 0 bridgehead atoms. The molecule has 0 saturated heterocycles. The van der Waals surface area contributed by atoms with Crippen LogP contribution in [0.5, 0.6) is 0 Å². The number of nitrogens with zero attached hydrogens (tertiary/aromatic N) is 1. The highest BCUT2D eigenvalue weighted by Gasteiger charge is 2.04. The van der Waals surface area contributed by atoms with Crippen molar-refractivity contribution in [3.8, 4) is 0 Å². The Kier molecular flexibility index (Phi) is 3.88. The Bertz CT molecular complexity index is 436. The van der Waals surface area contributed by atoms with Crippen LogP contribution < -0.4 is 5.32 Å². The van der Waals surface area contributed by atoms with E-state index in [2.05, 4.69) is 22.2 Å². The fraction of sp³-hybridized carbons (Fsp3) is 0.308. The minimum atomic E-state index is -0.190. The number of aromatic nitrogens is 2. The molecule has 2 aromatic rings. The molecule has 1 unspecified atom stereocenters. The smallest absolute Gasteiger partial charge is 0.123 e. The summed E-state index contributed by atoms with van der Waals surface area (Å²) < 4.78 is 12.7. The van der Waals surface area contributed by atoms with Gasteiger partial charge in [0.15, 0.2) is 0 Å². The third kappa shape index (κ3) is 3.67. The lowest BCUT2D eigenvalue weighted by molar-refractivity contribution is 0.534. The largest absolute Gasteiger partial charge is 0.348 e. The Labute approximate surface area is 100 Å². The van der Waals surface area contributed by atoms with Gasteiger partial charge < -0.3 is 10.3 Å². The van der Waals surface area contributed by atoms with Gasteiger partial charge in [-0.2, -0.15) is 0 Å². The summed E-state index contributed by atoms with van der Waals surface area (Å²) in [7, 11) is 0. The van der Waals surface area contributed by atoms with E-state index in [9.17, 15) is 4.39 Å². The van der Waals surface area contributed by atoms with Crippen molar-refractivity contribution in [3.05, 3.63) is 53.9 Å². The Morgan fingerprint density at radius 3 is 2.76 bits per heavy atom. The Hall–Kier alpha value is -1.68. The highest BCUT2D eigenvalue weighted by molar-refractivity contribution is 5.17. The number of hydrogen-bond donors (Lipinski definition) is 2. The van der Waals surface area contributed by atoms with Crippen molar-refractivity contribution in [1.82, 2.24) is 15.3 Å². The zero-order valence-corrected chi connectivity index (χ0v) is 9.78. The molecule has 0 aliphatic carbocycles. The van der Waals surface area contributed by atoms with Crippen LogP contribution in [0.1, 0.15) is 18.3 Å². The third-order valence-corrected chi connectivity index (χ3v) is 2.63. The predicted molar refractivity (Wildman–Crippen MR) is 65.0 cm³/mol. The number of H-pyrrole nitrogens is 1. The van der Waals surface area contributed by atoms with Crippen molar-refractivity contribution in [2.24, 2.45) is 0 Å². The predicted octanol–water partition coefficient (Wildman–Crippen LogP) is 2.27. The van der Waals surface area contributed by atoms with E-state index in [1.807, 2.05) is 18.3 Å². The lowest BCUT2D eigenvalue weighted by Crippen LogP contribution is -2.28. The van der Waals surface area contributed by atoms with Gasteiger partial charge in [-0.3, -0.25) is 0 Å². The summed E-state index contributed by atoms with van der Waals surface area (Å²) in [6, 6.07) is 6.95. The average molecular weight is 233 g/mol. The second-order valence-corrected chi connectivity index (χ2v) is 4.15. The molecule has 2 N–H and O–H groups in total. The molecule has 0 amide bonds. The molecule has 0 spiro atoms. The lowest BCUT2D eigenvalue weighted by Gasteiger charge is -2.12. The van der Waals surface area contributed by atoms with E-state index in [0.717, 1.165) is 24.4 Å². The van der Waals surface area contributed by atoms with Crippen LogP contribution in [0, 0.1) is 5.82 Å². The molecular weight excluding hydrogens is 217 g/mol. The molecular formula is C13H16FN3. The zero-order chi connectivity index (χ0) is 12.1. The van der Waals surface area contributed by atoms with E-state index < -0.39 is 0 Å². The first kappa shape index (κ1) is 11.8. The third-order valence-electron chi connectivity index (χ3n) is 2.63. The van der Waals surface area contributed by atoms with Crippen LogP contribution in [0.2, 0.25) is 0 Å². The number of benzene rings is 1. The molecule has 4 heteroatoms. The van der Waals surface area contributed by atoms with Crippen molar-refractivity contribution in [2.45, 2.75) is 25.9 Å². The maximum atomic E-state index is 12.7. The Morgan fingerprint density at radius 1 is 1.35 bits per heavy atom. The van der Waals surface area contributed by atoms with Crippen molar-refractivity contribution in [1.29, 1.82) is 0 Å². The monoisotopic (exact) mass is 233 g/mol. The first-order chi connectivity index (χ1) is 8.24. The highest BCUT2D eigenvalue weighted by atomic mass is 19.1. The summed E-state index contributed by atoms with van der Waals surface area (Å²) in [5.74, 6) is 0.737. The first-order valence-electron chi connectivity index (χ1n) is 5.70. The van der Waals surface area contributed by atoms with E-state index in [1.165, 1.54) is 12.1 Å². The van der Waals surface area contributed by atoms with Crippen LogP contribution in [-0.4, -0.2) is 16.0 Å². The molecule has 1 heterocycles. The second-order valence-electron chi connectivity index (χ2n) is 4.15. The van der Waals surface area contributed by atoms with Gasteiger partial charge in [0.05, 0.1) is 6.54 Å². The maximum absolute atomic E-state index is 12.7. The summed E-state index contributed by atoms with van der Waals surface area (Å²) in [6.45, 7) is 2.82. The summed E-state index contributed by atoms with van der Waals surface area (Å²) in [6.07, 6.45) is 4.42. The van der Waals surface area contributed by atoms with Gasteiger partial charge >= 0.3 is 0 Å². The van der Waals surface area contributed by atoms with E-state index in [4.69, 9.17) is 0 Å². The van der Waals surface area contributed by atoms with E-state index in [-0.39, 0.29) is 5.82 Å². The fourth-order valence-electron chi connectivity index (χ4n) is 1.71. The number of aromatic amines is 1. The minimum absolute atomic E-state index is 0.190. The topological polar surface area (TPSA) is 40.7 Å². The molecule has 3 nitrogen and oxygen atoms in total. The minimum Gasteiger partial charge on any atom is -0.348 e. The van der Waals surface area contributed by atoms with Crippen LogP contribution in [0.25, 0.3) is 0 Å². The summed E-state index contributed by atoms with van der Waals surface area (Å²) in [5.41, 5.74) is 1.13. The van der Waals surface area contributed by atoms with Crippen molar-refractivity contribution < 1.29 is 4.39 Å². The lowest BCUT2D eigenvalue weighted by atomic mass is 10.1. The van der Waals surface area contributed by atoms with Gasteiger partial charge in [-0.25, -0.2) is 9.37 Å². The molecule has 1 atom stereocenters. The summed E-state index contributed by atoms with van der Waals surface area (Å²) in [4.78, 5) is 7.18. The molecule has 0 aliphatic rings. The number of imidazole rings is 1. The first-order valence-corrected chi connectivity index (χ1v) is 5.70. The molecule has 1 aromatic carbocycles. The molecule has 90 valence electrons. The van der Waals surface area contributed by atoms with Crippen LogP contribution in [0.4, 0.5) is 4.39 Å². The molecule has 0 radical (unpaired) electrons. The zero-order valence-electron chi connectivity index (χ0n) is 9.78. The number of rotatable bonds is 5. The number of nitrogens with one attached hydrogen (secondary N) is 2. The van der Waals surface area contributed by atoms with Crippen LogP contribution in [-0.2, 0) is 13.0 Å². The second kappa shape index (κ2) is 5.59. The van der Waals surface area contributed by atoms with Gasteiger partial charge in [0.25, 0.3) is 0 Å². The molecule has 2 rings (SSSR count). The standard InChI is InChI=1S/C13H16FN3/c1-10(17-9-13-15-6-7-16-13)8-11-2-4-12(14)5-3-11/h2-7,10,17H,8-9H2,1H3,(H,15,16). The molecule has 1 aromatic heterocycles. The van der Waals surface area contributed by atoms with Gasteiger partial charge in [-0.1, -0.05) is 12.1 Å². The molecule has 17 heavy (non-hydrogen) atoms. The van der Waals surface area contributed by atoms with E-state index in [1.54, 1.807) is 6.20 Å². The van der Waals surface area contributed by atoms with E-state index >= 15 is 0 Å². The van der Waals surface area contributed by atoms with Crippen molar-refractivity contribution >= 4 is 0 Å². The van der Waals surface area contributed by atoms with Crippen molar-refractivity contribution in [3.63, 3.8) is 0 Å². The SMILES string of the molecule is CC(Cc1ccc(F)cc1)NCc1ncc[nH]1. The number of halogens is 1. The summed E-state index contributed by atoms with van der Waals surface area (Å²) >= 11 is 0. The molecule has 0 aliphatic heterocycles. The van der Waals surface area contributed by atoms with E-state index in [0.29, 0.717) is 6.04 Å². The van der Waals surface area contributed by atoms with Gasteiger partial charge in [0, 0.05) is 18.4 Å². The highest BCUT2D eigenvalue weighted by Crippen LogP contribution is 2.05. The normalized spacial score (nSPS) is 12.6. The Balaban J connectivity index is 1.80. The van der Waals surface area contributed by atoms with Crippen LogP contribution in [0.15, 0.2) is 36.7 Å².